The number of benzene rings is 1. The molecular formula is C17H27ClN2O. The average molecular weight is 311 g/mol. The Labute approximate surface area is 133 Å². The monoisotopic (exact) mass is 310 g/mol. The van der Waals surface area contributed by atoms with E-state index in [1.807, 2.05) is 18.2 Å². The number of methoxy groups -OCH3 is 1. The molecule has 0 amide bonds. The van der Waals surface area contributed by atoms with Crippen molar-refractivity contribution in [1.82, 2.24) is 5.32 Å². The molecule has 1 fully saturated rings. The highest BCUT2D eigenvalue weighted by molar-refractivity contribution is 6.30. The molecule has 0 spiro atoms. The summed E-state index contributed by atoms with van der Waals surface area (Å²) in [5, 5.41) is 4.47. The van der Waals surface area contributed by atoms with E-state index in [9.17, 15) is 0 Å². The van der Waals surface area contributed by atoms with Crippen molar-refractivity contribution in [2.24, 2.45) is 5.92 Å². The van der Waals surface area contributed by atoms with E-state index in [0.29, 0.717) is 18.0 Å². The van der Waals surface area contributed by atoms with E-state index in [0.717, 1.165) is 36.0 Å². The van der Waals surface area contributed by atoms with Gasteiger partial charge in [-0.05, 0) is 30.5 Å². The zero-order chi connectivity index (χ0) is 15.4. The Hall–Kier alpha value is -0.930. The maximum atomic E-state index is 6.21. The van der Waals surface area contributed by atoms with Crippen LogP contribution < -0.4 is 15.0 Å². The van der Waals surface area contributed by atoms with Crippen LogP contribution in [0.1, 0.15) is 33.6 Å². The molecule has 1 aliphatic heterocycles. The van der Waals surface area contributed by atoms with E-state index in [1.165, 1.54) is 6.42 Å². The lowest BCUT2D eigenvalue weighted by Gasteiger charge is -2.44. The van der Waals surface area contributed by atoms with Crippen LogP contribution >= 0.6 is 11.6 Å². The van der Waals surface area contributed by atoms with Crippen LogP contribution in [0.5, 0.6) is 5.75 Å². The highest BCUT2D eigenvalue weighted by Gasteiger charge is 2.30. The molecule has 1 aromatic carbocycles. The Bertz CT molecular complexity index is 466. The summed E-state index contributed by atoms with van der Waals surface area (Å²) in [6.45, 7) is 8.82. The molecule has 1 aliphatic rings. The third-order valence-corrected chi connectivity index (χ3v) is 4.94. The molecule has 1 N–H and O–H groups in total. The van der Waals surface area contributed by atoms with Crippen LogP contribution in [-0.4, -0.2) is 32.3 Å². The van der Waals surface area contributed by atoms with Crippen molar-refractivity contribution in [1.29, 1.82) is 0 Å². The topological polar surface area (TPSA) is 24.5 Å². The van der Waals surface area contributed by atoms with Crippen LogP contribution in [0.2, 0.25) is 5.02 Å². The fourth-order valence-electron chi connectivity index (χ4n) is 3.04. The zero-order valence-corrected chi connectivity index (χ0v) is 14.3. The lowest BCUT2D eigenvalue weighted by atomic mass is 9.94. The van der Waals surface area contributed by atoms with E-state index >= 15 is 0 Å². The molecule has 0 aliphatic carbocycles. The molecule has 2 rings (SSSR count). The Morgan fingerprint density at radius 1 is 1.43 bits per heavy atom. The summed E-state index contributed by atoms with van der Waals surface area (Å²) < 4.78 is 5.55. The third-order valence-electron chi connectivity index (χ3n) is 4.70. The van der Waals surface area contributed by atoms with Crippen molar-refractivity contribution in [2.45, 2.75) is 45.7 Å². The second-order valence-electron chi connectivity index (χ2n) is 5.93. The van der Waals surface area contributed by atoms with Gasteiger partial charge in [0.15, 0.2) is 0 Å². The van der Waals surface area contributed by atoms with Gasteiger partial charge < -0.3 is 15.0 Å². The standard InChI is InChI=1S/C17H27ClN2O/c1-5-12(3)15-11-20(14(6-2)10-19-15)16-9-13(18)7-8-17(16)21-4/h7-9,12,14-15,19H,5-6,10-11H2,1-4H3. The lowest BCUT2D eigenvalue weighted by molar-refractivity contribution is 0.304. The smallest absolute Gasteiger partial charge is 0.142 e. The minimum absolute atomic E-state index is 0.484. The molecule has 0 radical (unpaired) electrons. The summed E-state index contributed by atoms with van der Waals surface area (Å²) in [5.74, 6) is 1.57. The number of piperazine rings is 1. The molecule has 3 nitrogen and oxygen atoms in total. The second-order valence-corrected chi connectivity index (χ2v) is 6.37. The molecule has 0 bridgehead atoms. The normalized spacial score (nSPS) is 24.0. The summed E-state index contributed by atoms with van der Waals surface area (Å²) >= 11 is 6.21. The first kappa shape index (κ1) is 16.4. The maximum Gasteiger partial charge on any atom is 0.142 e. The first-order valence-corrected chi connectivity index (χ1v) is 8.32. The van der Waals surface area contributed by atoms with Crippen LogP contribution in [0.15, 0.2) is 18.2 Å². The fourth-order valence-corrected chi connectivity index (χ4v) is 3.20. The van der Waals surface area contributed by atoms with Crippen molar-refractivity contribution in [3.8, 4) is 5.75 Å². The minimum Gasteiger partial charge on any atom is -0.495 e. The van der Waals surface area contributed by atoms with E-state index < -0.39 is 0 Å². The van der Waals surface area contributed by atoms with E-state index in [4.69, 9.17) is 16.3 Å². The van der Waals surface area contributed by atoms with Gasteiger partial charge in [-0.25, -0.2) is 0 Å². The molecule has 1 aromatic rings. The molecule has 3 atom stereocenters. The second kappa shape index (κ2) is 7.37. The highest BCUT2D eigenvalue weighted by Crippen LogP contribution is 2.34. The van der Waals surface area contributed by atoms with Gasteiger partial charge in [0.05, 0.1) is 12.8 Å². The summed E-state index contributed by atoms with van der Waals surface area (Å²) in [4.78, 5) is 2.47. The summed E-state index contributed by atoms with van der Waals surface area (Å²) in [7, 11) is 1.72. The molecule has 1 saturated heterocycles. The van der Waals surface area contributed by atoms with Crippen LogP contribution in [0, 0.1) is 5.92 Å². The van der Waals surface area contributed by atoms with Crippen LogP contribution in [0.3, 0.4) is 0 Å². The van der Waals surface area contributed by atoms with Gasteiger partial charge in [0.25, 0.3) is 0 Å². The van der Waals surface area contributed by atoms with Crippen molar-refractivity contribution < 1.29 is 4.74 Å². The number of hydrogen-bond donors (Lipinski definition) is 1. The minimum atomic E-state index is 0.484. The Morgan fingerprint density at radius 2 is 2.19 bits per heavy atom. The molecule has 1 heterocycles. The Morgan fingerprint density at radius 3 is 2.81 bits per heavy atom. The van der Waals surface area contributed by atoms with E-state index in [1.54, 1.807) is 7.11 Å². The van der Waals surface area contributed by atoms with Crippen LogP contribution in [0.25, 0.3) is 0 Å². The Kier molecular flexibility index (Phi) is 5.77. The van der Waals surface area contributed by atoms with Crippen LogP contribution in [-0.2, 0) is 0 Å². The molecule has 3 unspecified atom stereocenters. The van der Waals surface area contributed by atoms with Gasteiger partial charge in [-0.3, -0.25) is 0 Å². The van der Waals surface area contributed by atoms with Gasteiger partial charge >= 0.3 is 0 Å². The summed E-state index contributed by atoms with van der Waals surface area (Å²) in [6.07, 6.45) is 2.30. The summed E-state index contributed by atoms with van der Waals surface area (Å²) in [6, 6.07) is 6.88. The van der Waals surface area contributed by atoms with E-state index in [2.05, 4.69) is 31.0 Å². The van der Waals surface area contributed by atoms with Gasteiger partial charge in [-0.2, -0.15) is 0 Å². The van der Waals surface area contributed by atoms with Crippen LogP contribution in [0.4, 0.5) is 5.69 Å². The fraction of sp³-hybridized carbons (Fsp3) is 0.647. The van der Waals surface area contributed by atoms with Gasteiger partial charge in [0, 0.05) is 30.2 Å². The summed E-state index contributed by atoms with van der Waals surface area (Å²) in [5.41, 5.74) is 1.12. The predicted molar refractivity (Wildman–Crippen MR) is 90.7 cm³/mol. The van der Waals surface area contributed by atoms with Gasteiger partial charge in [-0.15, -0.1) is 0 Å². The van der Waals surface area contributed by atoms with Crippen molar-refractivity contribution in [3.05, 3.63) is 23.2 Å². The van der Waals surface area contributed by atoms with Gasteiger partial charge in [-0.1, -0.05) is 38.8 Å². The number of nitrogens with zero attached hydrogens (tertiary/aromatic N) is 1. The number of rotatable bonds is 5. The molecule has 21 heavy (non-hydrogen) atoms. The Balaban J connectivity index is 2.30. The quantitative estimate of drug-likeness (QED) is 0.891. The number of halogens is 1. The molecule has 0 saturated carbocycles. The number of anilines is 1. The number of hydrogen-bond acceptors (Lipinski definition) is 3. The molecule has 118 valence electrons. The maximum absolute atomic E-state index is 6.21. The SMILES string of the molecule is CCC(C)C1CN(c2cc(Cl)ccc2OC)C(CC)CN1. The molecular weight excluding hydrogens is 284 g/mol. The zero-order valence-electron chi connectivity index (χ0n) is 13.5. The molecule has 4 heteroatoms. The van der Waals surface area contributed by atoms with Gasteiger partial charge in [0.2, 0.25) is 0 Å². The number of nitrogens with one attached hydrogen (secondary N) is 1. The van der Waals surface area contributed by atoms with Gasteiger partial charge in [0.1, 0.15) is 5.75 Å². The first-order valence-electron chi connectivity index (χ1n) is 7.94. The van der Waals surface area contributed by atoms with Crippen molar-refractivity contribution >= 4 is 17.3 Å². The van der Waals surface area contributed by atoms with Crippen molar-refractivity contribution in [2.75, 3.05) is 25.1 Å². The lowest BCUT2D eigenvalue weighted by Crippen LogP contribution is -2.58. The predicted octanol–water partition coefficient (Wildman–Crippen LogP) is 3.95. The third kappa shape index (κ3) is 3.64. The highest BCUT2D eigenvalue weighted by atomic mass is 35.5. The molecule has 0 aromatic heterocycles. The average Bonchev–Trinajstić information content (AvgIpc) is 2.53. The number of ether oxygens (including phenoxy) is 1. The van der Waals surface area contributed by atoms with E-state index in [-0.39, 0.29) is 0 Å². The first-order chi connectivity index (χ1) is 10.1. The van der Waals surface area contributed by atoms with Crippen molar-refractivity contribution in [3.63, 3.8) is 0 Å². The largest absolute Gasteiger partial charge is 0.495 e.